The number of alkyl halides is 3. The summed E-state index contributed by atoms with van der Waals surface area (Å²) in [5, 5.41) is 0. The van der Waals surface area contributed by atoms with Crippen molar-refractivity contribution in [2.75, 3.05) is 18.0 Å². The molecule has 2 rings (SSSR count). The summed E-state index contributed by atoms with van der Waals surface area (Å²) in [5.41, 5.74) is 7.12. The highest BCUT2D eigenvalue weighted by atomic mass is 79.9. The molecular formula is C13H16BrF3N2. The van der Waals surface area contributed by atoms with E-state index in [1.807, 2.05) is 12.1 Å². The SMILES string of the molecule is NCCc1ccc(N(CC(F)(F)F)C2CC2)c(Br)c1. The Morgan fingerprint density at radius 1 is 1.32 bits per heavy atom. The molecule has 2 nitrogen and oxygen atoms in total. The van der Waals surface area contributed by atoms with Gasteiger partial charge in [0.05, 0.1) is 5.69 Å². The Morgan fingerprint density at radius 3 is 2.47 bits per heavy atom. The number of hydrogen-bond donors (Lipinski definition) is 1. The zero-order chi connectivity index (χ0) is 14.0. The Morgan fingerprint density at radius 2 is 2.00 bits per heavy atom. The fourth-order valence-electron chi connectivity index (χ4n) is 2.10. The first kappa shape index (κ1) is 14.7. The molecular weight excluding hydrogens is 321 g/mol. The van der Waals surface area contributed by atoms with Gasteiger partial charge in [0, 0.05) is 10.5 Å². The van der Waals surface area contributed by atoms with Crippen molar-refractivity contribution in [2.45, 2.75) is 31.5 Å². The number of hydrogen-bond acceptors (Lipinski definition) is 2. The Bertz CT molecular complexity index is 444. The van der Waals surface area contributed by atoms with Crippen LogP contribution in [0.5, 0.6) is 0 Å². The molecule has 1 fully saturated rings. The molecule has 0 bridgehead atoms. The Kier molecular flexibility index (Phi) is 4.40. The first-order valence-corrected chi connectivity index (χ1v) is 7.02. The Balaban J connectivity index is 2.21. The summed E-state index contributed by atoms with van der Waals surface area (Å²) >= 11 is 3.37. The van der Waals surface area contributed by atoms with Crippen molar-refractivity contribution < 1.29 is 13.2 Å². The molecule has 1 aliphatic carbocycles. The van der Waals surface area contributed by atoms with Crippen LogP contribution < -0.4 is 10.6 Å². The summed E-state index contributed by atoms with van der Waals surface area (Å²) in [7, 11) is 0. The van der Waals surface area contributed by atoms with Crippen molar-refractivity contribution >= 4 is 21.6 Å². The molecule has 1 aliphatic rings. The molecule has 2 N–H and O–H groups in total. The smallest absolute Gasteiger partial charge is 0.359 e. The van der Waals surface area contributed by atoms with Crippen LogP contribution in [0.25, 0.3) is 0 Å². The van der Waals surface area contributed by atoms with Crippen LogP contribution in [0.1, 0.15) is 18.4 Å². The van der Waals surface area contributed by atoms with Gasteiger partial charge in [0.1, 0.15) is 6.54 Å². The summed E-state index contributed by atoms with van der Waals surface area (Å²) < 4.78 is 38.6. The van der Waals surface area contributed by atoms with Gasteiger partial charge >= 0.3 is 6.18 Å². The summed E-state index contributed by atoms with van der Waals surface area (Å²) in [4.78, 5) is 1.44. The molecule has 0 radical (unpaired) electrons. The summed E-state index contributed by atoms with van der Waals surface area (Å²) in [6, 6.07) is 5.46. The lowest BCUT2D eigenvalue weighted by Gasteiger charge is -2.27. The molecule has 0 aliphatic heterocycles. The molecule has 1 aromatic carbocycles. The number of rotatable bonds is 5. The second-order valence-corrected chi connectivity index (χ2v) is 5.65. The minimum absolute atomic E-state index is 0.0123. The van der Waals surface area contributed by atoms with Gasteiger partial charge in [-0.1, -0.05) is 6.07 Å². The molecule has 0 aromatic heterocycles. The van der Waals surface area contributed by atoms with Gasteiger partial charge in [-0.05, 0) is 59.4 Å². The monoisotopic (exact) mass is 336 g/mol. The minimum atomic E-state index is -4.18. The van der Waals surface area contributed by atoms with Crippen molar-refractivity contribution in [1.29, 1.82) is 0 Å². The maximum atomic E-state index is 12.6. The molecule has 0 saturated heterocycles. The number of benzene rings is 1. The fourth-order valence-corrected chi connectivity index (χ4v) is 2.75. The highest BCUT2D eigenvalue weighted by molar-refractivity contribution is 9.10. The van der Waals surface area contributed by atoms with E-state index in [9.17, 15) is 13.2 Å². The molecule has 0 atom stereocenters. The van der Waals surface area contributed by atoms with Crippen LogP contribution in [-0.2, 0) is 6.42 Å². The van der Waals surface area contributed by atoms with Crippen molar-refractivity contribution in [3.05, 3.63) is 28.2 Å². The van der Waals surface area contributed by atoms with Crippen LogP contribution in [0.15, 0.2) is 22.7 Å². The van der Waals surface area contributed by atoms with Crippen LogP contribution in [0.3, 0.4) is 0 Å². The predicted octanol–water partition coefficient (Wildman–Crippen LogP) is 3.48. The van der Waals surface area contributed by atoms with Gasteiger partial charge < -0.3 is 10.6 Å². The zero-order valence-corrected chi connectivity index (χ0v) is 12.0. The lowest BCUT2D eigenvalue weighted by atomic mass is 10.1. The van der Waals surface area contributed by atoms with Crippen molar-refractivity contribution in [2.24, 2.45) is 5.73 Å². The highest BCUT2D eigenvalue weighted by Crippen LogP contribution is 2.38. The Labute approximate surface area is 118 Å². The lowest BCUT2D eigenvalue weighted by Crippen LogP contribution is -2.36. The van der Waals surface area contributed by atoms with E-state index in [0.29, 0.717) is 16.7 Å². The molecule has 0 amide bonds. The number of nitrogens with zero attached hydrogens (tertiary/aromatic N) is 1. The van der Waals surface area contributed by atoms with E-state index in [2.05, 4.69) is 15.9 Å². The average molecular weight is 337 g/mol. The summed E-state index contributed by atoms with van der Waals surface area (Å²) in [6.45, 7) is -0.368. The van der Waals surface area contributed by atoms with Gasteiger partial charge in [-0.3, -0.25) is 0 Å². The normalized spacial score (nSPS) is 15.6. The van der Waals surface area contributed by atoms with Crippen LogP contribution in [0.2, 0.25) is 0 Å². The quantitative estimate of drug-likeness (QED) is 0.891. The third kappa shape index (κ3) is 4.11. The first-order valence-electron chi connectivity index (χ1n) is 6.22. The van der Waals surface area contributed by atoms with Crippen molar-refractivity contribution in [3.8, 4) is 0 Å². The van der Waals surface area contributed by atoms with E-state index in [0.717, 1.165) is 24.8 Å². The lowest BCUT2D eigenvalue weighted by molar-refractivity contribution is -0.120. The molecule has 19 heavy (non-hydrogen) atoms. The van der Waals surface area contributed by atoms with Gasteiger partial charge in [0.15, 0.2) is 0 Å². The Hall–Kier alpha value is -0.750. The second kappa shape index (κ2) is 5.71. The van der Waals surface area contributed by atoms with Crippen LogP contribution in [0.4, 0.5) is 18.9 Å². The third-order valence-electron chi connectivity index (χ3n) is 3.09. The topological polar surface area (TPSA) is 29.3 Å². The van der Waals surface area contributed by atoms with Crippen LogP contribution >= 0.6 is 15.9 Å². The summed E-state index contributed by atoms with van der Waals surface area (Å²) in [5.74, 6) is 0. The average Bonchev–Trinajstić information content (AvgIpc) is 3.09. The molecule has 0 spiro atoms. The van der Waals surface area contributed by atoms with Crippen molar-refractivity contribution in [3.63, 3.8) is 0 Å². The largest absolute Gasteiger partial charge is 0.405 e. The molecule has 0 heterocycles. The first-order chi connectivity index (χ1) is 8.90. The molecule has 1 saturated carbocycles. The number of nitrogens with two attached hydrogens (primary N) is 1. The number of anilines is 1. The van der Waals surface area contributed by atoms with E-state index in [1.54, 1.807) is 6.07 Å². The van der Waals surface area contributed by atoms with Gasteiger partial charge in [0.2, 0.25) is 0 Å². The standard InChI is InChI=1S/C13H16BrF3N2/c14-11-7-9(5-6-18)1-4-12(11)19(10-2-3-10)8-13(15,16)17/h1,4,7,10H,2-3,5-6,8,18H2. The highest BCUT2D eigenvalue weighted by Gasteiger charge is 2.38. The van der Waals surface area contributed by atoms with E-state index in [1.165, 1.54) is 4.90 Å². The molecule has 1 aromatic rings. The van der Waals surface area contributed by atoms with Gasteiger partial charge in [-0.2, -0.15) is 13.2 Å². The van der Waals surface area contributed by atoms with Gasteiger partial charge in [0.25, 0.3) is 0 Å². The maximum absolute atomic E-state index is 12.6. The van der Waals surface area contributed by atoms with Crippen LogP contribution in [0, 0.1) is 0 Å². The van der Waals surface area contributed by atoms with Crippen molar-refractivity contribution in [1.82, 2.24) is 0 Å². The van der Waals surface area contributed by atoms with Gasteiger partial charge in [-0.25, -0.2) is 0 Å². The van der Waals surface area contributed by atoms with Crippen LogP contribution in [-0.4, -0.2) is 25.3 Å². The van der Waals surface area contributed by atoms with E-state index in [-0.39, 0.29) is 6.04 Å². The zero-order valence-electron chi connectivity index (χ0n) is 10.4. The van der Waals surface area contributed by atoms with E-state index < -0.39 is 12.7 Å². The molecule has 106 valence electrons. The number of halogens is 4. The fraction of sp³-hybridized carbons (Fsp3) is 0.538. The minimum Gasteiger partial charge on any atom is -0.359 e. The summed E-state index contributed by atoms with van der Waals surface area (Å²) in [6.07, 6.45) is -1.81. The maximum Gasteiger partial charge on any atom is 0.405 e. The van der Waals surface area contributed by atoms with E-state index >= 15 is 0 Å². The van der Waals surface area contributed by atoms with Gasteiger partial charge in [-0.15, -0.1) is 0 Å². The van der Waals surface area contributed by atoms with E-state index in [4.69, 9.17) is 5.73 Å². The molecule has 0 unspecified atom stereocenters. The third-order valence-corrected chi connectivity index (χ3v) is 3.73. The predicted molar refractivity (Wildman–Crippen MR) is 73.3 cm³/mol. The molecule has 6 heteroatoms. The second-order valence-electron chi connectivity index (χ2n) is 4.80.